The van der Waals surface area contributed by atoms with Crippen molar-refractivity contribution in [2.75, 3.05) is 6.54 Å². The van der Waals surface area contributed by atoms with Gasteiger partial charge in [0.25, 0.3) is 5.91 Å². The summed E-state index contributed by atoms with van der Waals surface area (Å²) in [6.45, 7) is 4.53. The molecule has 130 valence electrons. The lowest BCUT2D eigenvalue weighted by Crippen LogP contribution is -2.33. The molecule has 2 aliphatic rings. The Morgan fingerprint density at radius 2 is 2.08 bits per heavy atom. The summed E-state index contributed by atoms with van der Waals surface area (Å²) in [5, 5.41) is 13.0. The van der Waals surface area contributed by atoms with Gasteiger partial charge in [-0.15, -0.1) is 11.3 Å². The van der Waals surface area contributed by atoms with Crippen LogP contribution in [0.3, 0.4) is 0 Å². The van der Waals surface area contributed by atoms with Crippen LogP contribution in [-0.4, -0.2) is 40.4 Å². The Hall–Kier alpha value is -1.89. The zero-order valence-electron chi connectivity index (χ0n) is 14.3. The molecule has 2 N–H and O–H groups in total. The highest BCUT2D eigenvalue weighted by Crippen LogP contribution is 2.37. The molecule has 3 heterocycles. The normalized spacial score (nSPS) is 29.2. The van der Waals surface area contributed by atoms with E-state index >= 15 is 0 Å². The zero-order valence-corrected chi connectivity index (χ0v) is 15.1. The molecule has 5 nitrogen and oxygen atoms in total. The van der Waals surface area contributed by atoms with Gasteiger partial charge in [-0.1, -0.05) is 24.3 Å². The highest BCUT2D eigenvalue weighted by Gasteiger charge is 2.44. The molecule has 0 bridgehead atoms. The summed E-state index contributed by atoms with van der Waals surface area (Å²) in [5.41, 5.74) is 5.24. The number of β-amino-alcohol motifs (C(OH)–C–C–N with tert-alkyl or cyclic N) is 1. The highest BCUT2D eigenvalue weighted by molar-refractivity contribution is 7.13. The number of carbonyl (C=O) groups excluding carboxylic acids is 1. The number of aliphatic imine (C=N–C) groups is 1. The fourth-order valence-electron chi connectivity index (χ4n) is 3.70. The lowest BCUT2D eigenvalue weighted by Gasteiger charge is -2.22. The maximum atomic E-state index is 12.6. The van der Waals surface area contributed by atoms with Crippen molar-refractivity contribution in [1.29, 1.82) is 0 Å². The second-order valence-electron chi connectivity index (χ2n) is 7.11. The van der Waals surface area contributed by atoms with Crippen molar-refractivity contribution in [1.82, 2.24) is 10.3 Å². The van der Waals surface area contributed by atoms with E-state index in [4.69, 9.17) is 0 Å². The van der Waals surface area contributed by atoms with Gasteiger partial charge in [0.15, 0.2) is 0 Å². The van der Waals surface area contributed by atoms with E-state index < -0.39 is 5.41 Å². The van der Waals surface area contributed by atoms with Gasteiger partial charge < -0.3 is 10.4 Å². The molecular weight excluding hydrogens is 334 g/mol. The number of hydrogen-bond acceptors (Lipinski definition) is 5. The Balaban J connectivity index is 1.57. The number of nitrogens with one attached hydrogen (secondary N) is 1. The predicted octanol–water partition coefficient (Wildman–Crippen LogP) is 2.47. The average molecular weight is 355 g/mol. The summed E-state index contributed by atoms with van der Waals surface area (Å²) >= 11 is 1.63. The molecule has 1 aromatic heterocycles. The van der Waals surface area contributed by atoms with Crippen molar-refractivity contribution >= 4 is 23.0 Å². The Morgan fingerprint density at radius 1 is 1.32 bits per heavy atom. The smallest absolute Gasteiger partial charge is 0.256 e. The van der Waals surface area contributed by atoms with Gasteiger partial charge in [0.2, 0.25) is 0 Å². The number of benzene rings is 1. The molecule has 1 fully saturated rings. The number of amides is 1. The van der Waals surface area contributed by atoms with Crippen LogP contribution in [0.25, 0.3) is 10.4 Å². The predicted molar refractivity (Wildman–Crippen MR) is 99.1 cm³/mol. The summed E-state index contributed by atoms with van der Waals surface area (Å²) in [7, 11) is 0. The topological polar surface area (TPSA) is 74.6 Å². The maximum absolute atomic E-state index is 12.6. The molecule has 0 radical (unpaired) electrons. The molecule has 0 aliphatic carbocycles. The highest BCUT2D eigenvalue weighted by atomic mass is 32.1. The van der Waals surface area contributed by atoms with Crippen LogP contribution < -0.4 is 5.32 Å². The number of hydrogen-bond donors (Lipinski definition) is 2. The van der Waals surface area contributed by atoms with E-state index in [9.17, 15) is 9.90 Å². The maximum Gasteiger partial charge on any atom is 0.256 e. The van der Waals surface area contributed by atoms with E-state index in [0.717, 1.165) is 27.4 Å². The summed E-state index contributed by atoms with van der Waals surface area (Å²) in [4.78, 5) is 22.4. The standard InChI is InChI=1S/C19H21N3O2S/c1-11-17(25-10-21-11)12-3-5-13(6-4-12)19(2)8-16(22-18(19)24)15-7-14(23)9-20-15/h3-6,10,14-15,20,23H,7-9H2,1-2H3/t14-,15?,19+/m1/s1. The van der Waals surface area contributed by atoms with Crippen LogP contribution in [0.15, 0.2) is 34.8 Å². The molecule has 1 amide bonds. The molecular formula is C19H21N3O2S. The Bertz CT molecular complexity index is 843. The van der Waals surface area contributed by atoms with Crippen molar-refractivity contribution in [2.45, 2.75) is 44.2 Å². The first kappa shape index (κ1) is 16.6. The van der Waals surface area contributed by atoms with E-state index in [1.165, 1.54) is 0 Å². The van der Waals surface area contributed by atoms with Crippen LogP contribution in [0.1, 0.15) is 31.0 Å². The molecule has 1 aromatic carbocycles. The van der Waals surface area contributed by atoms with Crippen LogP contribution >= 0.6 is 11.3 Å². The van der Waals surface area contributed by atoms with Crippen LogP contribution in [0.4, 0.5) is 0 Å². The van der Waals surface area contributed by atoms with Gasteiger partial charge >= 0.3 is 0 Å². The fourth-order valence-corrected chi connectivity index (χ4v) is 4.51. The van der Waals surface area contributed by atoms with Crippen LogP contribution in [0.5, 0.6) is 0 Å². The number of aliphatic hydroxyl groups is 1. The summed E-state index contributed by atoms with van der Waals surface area (Å²) in [6, 6.07) is 8.19. The van der Waals surface area contributed by atoms with Crippen molar-refractivity contribution < 1.29 is 9.90 Å². The number of thiazole rings is 1. The zero-order chi connectivity index (χ0) is 17.6. The first-order valence-electron chi connectivity index (χ1n) is 8.52. The molecule has 6 heteroatoms. The van der Waals surface area contributed by atoms with Gasteiger partial charge in [0.05, 0.1) is 27.6 Å². The van der Waals surface area contributed by atoms with Gasteiger partial charge in [0, 0.05) is 24.7 Å². The summed E-state index contributed by atoms with van der Waals surface area (Å²) < 4.78 is 0. The third-order valence-corrected chi connectivity index (χ3v) is 6.27. The fraction of sp³-hybridized carbons (Fsp3) is 0.421. The molecule has 4 rings (SSSR count). The monoisotopic (exact) mass is 355 g/mol. The van der Waals surface area contributed by atoms with Crippen molar-refractivity contribution in [3.63, 3.8) is 0 Å². The van der Waals surface area contributed by atoms with Crippen LogP contribution in [-0.2, 0) is 10.2 Å². The minimum absolute atomic E-state index is 0.0138. The number of aliphatic hydroxyl groups excluding tert-OH is 1. The third-order valence-electron chi connectivity index (χ3n) is 5.29. The lowest BCUT2D eigenvalue weighted by atomic mass is 9.78. The van der Waals surface area contributed by atoms with E-state index in [-0.39, 0.29) is 18.1 Å². The summed E-state index contributed by atoms with van der Waals surface area (Å²) in [6.07, 6.45) is 0.887. The van der Waals surface area contributed by atoms with Gasteiger partial charge in [0.1, 0.15) is 0 Å². The van der Waals surface area contributed by atoms with Gasteiger partial charge in [-0.3, -0.25) is 4.79 Å². The Labute approximate surface area is 150 Å². The quantitative estimate of drug-likeness (QED) is 0.887. The molecule has 1 unspecified atom stereocenters. The molecule has 0 spiro atoms. The number of rotatable bonds is 3. The van der Waals surface area contributed by atoms with E-state index in [2.05, 4.69) is 27.4 Å². The van der Waals surface area contributed by atoms with Crippen LogP contribution in [0, 0.1) is 6.92 Å². The molecule has 0 saturated carbocycles. The molecule has 1 saturated heterocycles. The number of carbonyl (C=O) groups is 1. The largest absolute Gasteiger partial charge is 0.392 e. The molecule has 2 aromatic rings. The van der Waals surface area contributed by atoms with Crippen molar-refractivity contribution in [3.05, 3.63) is 41.0 Å². The molecule has 2 aliphatic heterocycles. The minimum Gasteiger partial charge on any atom is -0.392 e. The van der Waals surface area contributed by atoms with Gasteiger partial charge in [-0.2, -0.15) is 0 Å². The van der Waals surface area contributed by atoms with E-state index in [0.29, 0.717) is 19.4 Å². The van der Waals surface area contributed by atoms with E-state index in [1.807, 2.05) is 31.5 Å². The summed E-state index contributed by atoms with van der Waals surface area (Å²) in [5.74, 6) is -0.0904. The molecule has 25 heavy (non-hydrogen) atoms. The van der Waals surface area contributed by atoms with Crippen molar-refractivity contribution in [3.8, 4) is 10.4 Å². The van der Waals surface area contributed by atoms with Crippen molar-refractivity contribution in [2.24, 2.45) is 4.99 Å². The van der Waals surface area contributed by atoms with Crippen LogP contribution in [0.2, 0.25) is 0 Å². The third kappa shape index (κ3) is 2.84. The number of nitrogens with zero attached hydrogens (tertiary/aromatic N) is 2. The minimum atomic E-state index is -0.619. The number of aryl methyl sites for hydroxylation is 1. The van der Waals surface area contributed by atoms with Gasteiger partial charge in [-0.05, 0) is 31.4 Å². The second-order valence-corrected chi connectivity index (χ2v) is 7.97. The molecule has 3 atom stereocenters. The average Bonchev–Trinajstić information content (AvgIpc) is 3.29. The number of aromatic nitrogens is 1. The SMILES string of the molecule is Cc1ncsc1-c1ccc([C@]2(C)CC(C3C[C@@H](O)CN3)=NC2=O)cc1. The van der Waals surface area contributed by atoms with Gasteiger partial charge in [-0.25, -0.2) is 9.98 Å². The Kier molecular flexibility index (Phi) is 4.06. The second kappa shape index (κ2) is 6.12. The van der Waals surface area contributed by atoms with E-state index in [1.54, 1.807) is 11.3 Å². The lowest BCUT2D eigenvalue weighted by molar-refractivity contribution is -0.121. The Morgan fingerprint density at radius 3 is 2.68 bits per heavy atom. The first-order chi connectivity index (χ1) is 12.0. The first-order valence-corrected chi connectivity index (χ1v) is 9.39.